The lowest BCUT2D eigenvalue weighted by Gasteiger charge is -2.06. The molecule has 0 bridgehead atoms. The van der Waals surface area contributed by atoms with Crippen molar-refractivity contribution in [2.75, 3.05) is 0 Å². The molecule has 1 atom stereocenters. The van der Waals surface area contributed by atoms with Gasteiger partial charge in [0.2, 0.25) is 0 Å². The number of aromatic nitrogens is 2. The monoisotopic (exact) mass is 212 g/mol. The zero-order valence-electron chi connectivity index (χ0n) is 10.1. The van der Waals surface area contributed by atoms with E-state index in [1.54, 1.807) is 0 Å². The van der Waals surface area contributed by atoms with Gasteiger partial charge in [0.1, 0.15) is 5.82 Å². The Morgan fingerprint density at radius 1 is 1.20 bits per heavy atom. The van der Waals surface area contributed by atoms with Crippen molar-refractivity contribution in [1.82, 2.24) is 9.97 Å². The van der Waals surface area contributed by atoms with Crippen LogP contribution in [0.3, 0.4) is 0 Å². The molecule has 0 aliphatic heterocycles. The van der Waals surface area contributed by atoms with Gasteiger partial charge in [-0.15, -0.1) is 0 Å². The van der Waals surface area contributed by atoms with E-state index >= 15 is 0 Å². The molecule has 1 unspecified atom stereocenters. The van der Waals surface area contributed by atoms with Gasteiger partial charge in [0.05, 0.1) is 12.4 Å². The molecule has 1 aromatic heterocycles. The van der Waals surface area contributed by atoms with E-state index in [0.29, 0.717) is 5.92 Å². The first-order valence-corrected chi connectivity index (χ1v) is 5.63. The zero-order valence-corrected chi connectivity index (χ0v) is 10.1. The molecule has 86 valence electrons. The minimum absolute atomic E-state index is 0.329. The average Bonchev–Trinajstić information content (AvgIpc) is 2.20. The summed E-state index contributed by atoms with van der Waals surface area (Å²) in [6.45, 7) is 8.41. The molecule has 0 saturated heterocycles. The van der Waals surface area contributed by atoms with E-state index in [1.807, 2.05) is 0 Å². The average molecular weight is 212 g/mol. The minimum atomic E-state index is -0.373. The first-order valence-electron chi connectivity index (χ1n) is 5.63. The highest BCUT2D eigenvalue weighted by atomic mass is 19.1. The summed E-state index contributed by atoms with van der Waals surface area (Å²) in [4.78, 5) is 7.82. The summed E-state index contributed by atoms with van der Waals surface area (Å²) in [5, 5.41) is 0. The molecule has 3 heteroatoms. The largest absolute Gasteiger partial charge is 0.238 e. The molecular weight excluding hydrogens is 191 g/mol. The third-order valence-electron chi connectivity index (χ3n) is 1.80. The van der Waals surface area contributed by atoms with E-state index in [1.165, 1.54) is 18.8 Å². The third-order valence-corrected chi connectivity index (χ3v) is 1.80. The molecule has 15 heavy (non-hydrogen) atoms. The molecule has 1 aromatic rings. The Kier molecular flexibility index (Phi) is 7.78. The highest BCUT2D eigenvalue weighted by molar-refractivity contribution is 4.96. The number of hydrogen-bond donors (Lipinski definition) is 0. The Balaban J connectivity index is 0.000000583. The van der Waals surface area contributed by atoms with Crippen molar-refractivity contribution in [3.63, 3.8) is 0 Å². The van der Waals surface area contributed by atoms with Gasteiger partial charge in [0, 0.05) is 5.92 Å². The molecule has 1 rings (SSSR count). The molecule has 2 nitrogen and oxygen atoms in total. The van der Waals surface area contributed by atoms with E-state index in [-0.39, 0.29) is 5.82 Å². The van der Waals surface area contributed by atoms with Gasteiger partial charge in [-0.05, 0) is 6.42 Å². The first-order chi connectivity index (χ1) is 7.15. The highest BCUT2D eigenvalue weighted by Gasteiger charge is 2.06. The Morgan fingerprint density at radius 3 is 2.07 bits per heavy atom. The van der Waals surface area contributed by atoms with Crippen LogP contribution in [0.1, 0.15) is 58.7 Å². The molecule has 0 radical (unpaired) electrons. The minimum Gasteiger partial charge on any atom is -0.238 e. The maximum Gasteiger partial charge on any atom is 0.159 e. The van der Waals surface area contributed by atoms with E-state index < -0.39 is 0 Å². The molecule has 0 spiro atoms. The van der Waals surface area contributed by atoms with Gasteiger partial charge in [-0.25, -0.2) is 14.4 Å². The van der Waals surface area contributed by atoms with Gasteiger partial charge in [0.25, 0.3) is 0 Å². The highest BCUT2D eigenvalue weighted by Crippen LogP contribution is 2.15. The predicted octanol–water partition coefficient (Wildman–Crippen LogP) is 3.94. The van der Waals surface area contributed by atoms with Crippen LogP contribution in [-0.4, -0.2) is 9.97 Å². The number of nitrogens with zero attached hydrogens (tertiary/aromatic N) is 2. The standard InChI is InChI=1S/C9H13FN2.C3H8/c1-3-4-7(2)9-11-5-8(10)6-12-9;1-3-2/h5-7H,3-4H2,1-2H3;3H2,1-2H3. The van der Waals surface area contributed by atoms with Crippen LogP contribution in [0.25, 0.3) is 0 Å². The van der Waals surface area contributed by atoms with Crippen LogP contribution in [0, 0.1) is 5.82 Å². The van der Waals surface area contributed by atoms with Crippen molar-refractivity contribution in [2.45, 2.75) is 52.9 Å². The third kappa shape index (κ3) is 6.15. The maximum absolute atomic E-state index is 12.4. The summed E-state index contributed by atoms with van der Waals surface area (Å²) < 4.78 is 12.4. The van der Waals surface area contributed by atoms with Gasteiger partial charge in [0.15, 0.2) is 5.82 Å². The fraction of sp³-hybridized carbons (Fsp3) is 0.667. The van der Waals surface area contributed by atoms with Crippen molar-refractivity contribution in [2.24, 2.45) is 0 Å². The van der Waals surface area contributed by atoms with E-state index in [4.69, 9.17) is 0 Å². The summed E-state index contributed by atoms with van der Waals surface area (Å²) in [7, 11) is 0. The van der Waals surface area contributed by atoms with Gasteiger partial charge in [-0.2, -0.15) is 0 Å². The van der Waals surface area contributed by atoms with Gasteiger partial charge >= 0.3 is 0 Å². The topological polar surface area (TPSA) is 25.8 Å². The molecular formula is C12H21FN2. The van der Waals surface area contributed by atoms with Crippen molar-refractivity contribution in [3.05, 3.63) is 24.0 Å². The number of hydrogen-bond acceptors (Lipinski definition) is 2. The summed E-state index contributed by atoms with van der Waals surface area (Å²) in [5.41, 5.74) is 0. The lowest BCUT2D eigenvalue weighted by molar-refractivity contribution is 0.585. The maximum atomic E-state index is 12.4. The molecule has 0 saturated carbocycles. The summed E-state index contributed by atoms with van der Waals surface area (Å²) in [6.07, 6.45) is 5.83. The van der Waals surface area contributed by atoms with Crippen LogP contribution in [0.15, 0.2) is 12.4 Å². The van der Waals surface area contributed by atoms with Crippen LogP contribution < -0.4 is 0 Å². The Morgan fingerprint density at radius 2 is 1.67 bits per heavy atom. The van der Waals surface area contributed by atoms with Crippen LogP contribution in [0.2, 0.25) is 0 Å². The zero-order chi connectivity index (χ0) is 11.7. The summed E-state index contributed by atoms with van der Waals surface area (Å²) in [5.74, 6) is 0.691. The molecule has 0 N–H and O–H groups in total. The second kappa shape index (κ2) is 8.33. The van der Waals surface area contributed by atoms with Crippen molar-refractivity contribution >= 4 is 0 Å². The van der Waals surface area contributed by atoms with Gasteiger partial charge in [-0.1, -0.05) is 40.5 Å². The van der Waals surface area contributed by atoms with Crippen molar-refractivity contribution in [3.8, 4) is 0 Å². The number of halogens is 1. The normalized spacial score (nSPS) is 11.5. The van der Waals surface area contributed by atoms with E-state index in [9.17, 15) is 4.39 Å². The van der Waals surface area contributed by atoms with Crippen LogP contribution in [0.4, 0.5) is 4.39 Å². The lowest BCUT2D eigenvalue weighted by Crippen LogP contribution is -2.00. The van der Waals surface area contributed by atoms with Gasteiger partial charge < -0.3 is 0 Å². The Hall–Kier alpha value is -0.990. The predicted molar refractivity (Wildman–Crippen MR) is 61.3 cm³/mol. The van der Waals surface area contributed by atoms with E-state index in [2.05, 4.69) is 37.7 Å². The lowest BCUT2D eigenvalue weighted by atomic mass is 10.1. The van der Waals surface area contributed by atoms with Crippen LogP contribution in [-0.2, 0) is 0 Å². The molecule has 0 aliphatic rings. The Labute approximate surface area is 92.0 Å². The number of rotatable bonds is 3. The second-order valence-corrected chi connectivity index (χ2v) is 3.66. The quantitative estimate of drug-likeness (QED) is 0.758. The fourth-order valence-electron chi connectivity index (χ4n) is 1.14. The Bertz CT molecular complexity index is 246. The van der Waals surface area contributed by atoms with Gasteiger partial charge in [-0.3, -0.25) is 0 Å². The molecule has 0 aromatic carbocycles. The van der Waals surface area contributed by atoms with Crippen molar-refractivity contribution < 1.29 is 4.39 Å². The van der Waals surface area contributed by atoms with Crippen LogP contribution >= 0.6 is 0 Å². The summed E-state index contributed by atoms with van der Waals surface area (Å²) in [6, 6.07) is 0. The molecule has 0 fully saturated rings. The van der Waals surface area contributed by atoms with Crippen LogP contribution in [0.5, 0.6) is 0 Å². The van der Waals surface area contributed by atoms with E-state index in [0.717, 1.165) is 18.7 Å². The fourth-order valence-corrected chi connectivity index (χ4v) is 1.14. The first kappa shape index (κ1) is 14.0. The molecule has 0 aliphatic carbocycles. The molecule has 1 heterocycles. The van der Waals surface area contributed by atoms with Crippen molar-refractivity contribution in [1.29, 1.82) is 0 Å². The SMILES string of the molecule is CCC.CCCC(C)c1ncc(F)cn1. The second-order valence-electron chi connectivity index (χ2n) is 3.66. The molecule has 0 amide bonds. The summed E-state index contributed by atoms with van der Waals surface area (Å²) >= 11 is 0. The smallest absolute Gasteiger partial charge is 0.159 e.